The Kier molecular flexibility index (Phi) is 71.8. The van der Waals surface area contributed by atoms with Gasteiger partial charge in [0.15, 0.2) is 6.10 Å². The number of hydrogen-bond acceptors (Lipinski definition) is 8. The van der Waals surface area contributed by atoms with Crippen LogP contribution in [0.3, 0.4) is 0 Å². The number of nitrogens with two attached hydrogens (primary N) is 1. The van der Waals surface area contributed by atoms with Gasteiger partial charge in [0.1, 0.15) is 6.61 Å². The molecule has 0 aliphatic heterocycles. The molecular formula is C76H150NO8P. The largest absolute Gasteiger partial charge is 0.472 e. The molecule has 0 heterocycles. The third kappa shape index (κ3) is 71.8. The van der Waals surface area contributed by atoms with Gasteiger partial charge in [-0.25, -0.2) is 4.57 Å². The van der Waals surface area contributed by atoms with Crippen LogP contribution in [-0.4, -0.2) is 49.3 Å². The number of ether oxygens (including phenoxy) is 2. The molecule has 10 heteroatoms. The van der Waals surface area contributed by atoms with E-state index in [0.717, 1.165) is 32.1 Å². The van der Waals surface area contributed by atoms with E-state index in [4.69, 9.17) is 24.3 Å². The predicted molar refractivity (Wildman–Crippen MR) is 372 cm³/mol. The van der Waals surface area contributed by atoms with Crippen LogP contribution in [0.15, 0.2) is 12.2 Å². The molecule has 0 aromatic rings. The lowest BCUT2D eigenvalue weighted by atomic mass is 10.0. The molecule has 2 unspecified atom stereocenters. The summed E-state index contributed by atoms with van der Waals surface area (Å²) in [6.45, 7) is 3.84. The van der Waals surface area contributed by atoms with Crippen molar-refractivity contribution in [1.29, 1.82) is 0 Å². The van der Waals surface area contributed by atoms with Gasteiger partial charge in [0.05, 0.1) is 13.2 Å². The first kappa shape index (κ1) is 84.8. The normalized spacial score (nSPS) is 12.8. The van der Waals surface area contributed by atoms with Crippen molar-refractivity contribution in [2.24, 2.45) is 5.73 Å². The van der Waals surface area contributed by atoms with Crippen molar-refractivity contribution in [1.82, 2.24) is 0 Å². The minimum Gasteiger partial charge on any atom is -0.462 e. The highest BCUT2D eigenvalue weighted by Gasteiger charge is 2.26. The van der Waals surface area contributed by atoms with E-state index in [-0.39, 0.29) is 38.6 Å². The third-order valence-corrected chi connectivity index (χ3v) is 18.9. The zero-order chi connectivity index (χ0) is 62.3. The summed E-state index contributed by atoms with van der Waals surface area (Å²) in [7, 11) is -4.39. The maximum atomic E-state index is 12.8. The van der Waals surface area contributed by atoms with Crippen LogP contribution in [0, 0.1) is 0 Å². The molecule has 2 atom stereocenters. The van der Waals surface area contributed by atoms with Gasteiger partial charge in [-0.15, -0.1) is 0 Å². The van der Waals surface area contributed by atoms with E-state index in [2.05, 4.69) is 26.0 Å². The summed E-state index contributed by atoms with van der Waals surface area (Å²) in [6.07, 6.45) is 89.3. The maximum absolute atomic E-state index is 12.8. The van der Waals surface area contributed by atoms with Gasteiger partial charge < -0.3 is 20.1 Å². The number of phosphoric acid groups is 1. The van der Waals surface area contributed by atoms with Gasteiger partial charge in [0.2, 0.25) is 0 Å². The number of unbranched alkanes of at least 4 members (excludes halogenated alkanes) is 60. The molecular weight excluding hydrogens is 1090 g/mol. The van der Waals surface area contributed by atoms with Crippen molar-refractivity contribution >= 4 is 19.8 Å². The van der Waals surface area contributed by atoms with E-state index in [0.29, 0.717) is 6.42 Å². The molecule has 0 bridgehead atoms. The molecule has 0 aromatic carbocycles. The van der Waals surface area contributed by atoms with E-state index in [1.807, 2.05) is 0 Å². The standard InChI is InChI=1S/C76H150NO8P/c1-3-5-7-9-11-13-15-17-19-21-23-25-27-29-31-32-33-34-35-36-37-38-39-40-41-42-43-45-47-49-51-53-55-57-59-61-63-65-67-69-76(79)85-74(73-84-86(80,81)83-71-70-77)72-82-75(78)68-66-64-62-60-58-56-54-52-50-48-46-44-30-28-26-24-22-20-18-16-14-12-10-8-6-4-2/h21,23,74H,3-20,22,24-73,77H2,1-2H3,(H,80,81)/b23-21-. The fraction of sp³-hybridized carbons (Fsp3) is 0.947. The maximum Gasteiger partial charge on any atom is 0.472 e. The van der Waals surface area contributed by atoms with Gasteiger partial charge in [0, 0.05) is 19.4 Å². The van der Waals surface area contributed by atoms with Gasteiger partial charge in [-0.05, 0) is 38.5 Å². The van der Waals surface area contributed by atoms with Gasteiger partial charge in [-0.3, -0.25) is 18.6 Å². The lowest BCUT2D eigenvalue weighted by Crippen LogP contribution is -2.29. The SMILES string of the molecule is CCCCCCCCCC/C=C\CCCCCCCCCCCCCCCCCCCCCCCCCCCCCC(=O)OC(COC(=O)CCCCCCCCCCCCCCCCCCCCCCCCCCCC)COP(=O)(O)OCCN. The molecule has 0 spiro atoms. The van der Waals surface area contributed by atoms with Crippen LogP contribution in [0.2, 0.25) is 0 Å². The second-order valence-electron chi connectivity index (χ2n) is 26.6. The first-order chi connectivity index (χ1) is 42.3. The molecule has 86 heavy (non-hydrogen) atoms. The van der Waals surface area contributed by atoms with Crippen LogP contribution < -0.4 is 5.73 Å². The fourth-order valence-electron chi connectivity index (χ4n) is 12.2. The quantitative estimate of drug-likeness (QED) is 0.0264. The van der Waals surface area contributed by atoms with Crippen molar-refractivity contribution in [3.63, 3.8) is 0 Å². The molecule has 0 aliphatic rings. The third-order valence-electron chi connectivity index (χ3n) is 17.9. The Morgan fingerprint density at radius 1 is 0.337 bits per heavy atom. The fourth-order valence-corrected chi connectivity index (χ4v) is 12.9. The smallest absolute Gasteiger partial charge is 0.462 e. The summed E-state index contributed by atoms with van der Waals surface area (Å²) in [5.74, 6) is -0.797. The lowest BCUT2D eigenvalue weighted by Gasteiger charge is -2.19. The van der Waals surface area contributed by atoms with Crippen molar-refractivity contribution in [3.8, 4) is 0 Å². The number of esters is 2. The number of carbonyl (C=O) groups is 2. The van der Waals surface area contributed by atoms with Gasteiger partial charge in [-0.1, -0.05) is 392 Å². The molecule has 0 aliphatic carbocycles. The average molecular weight is 1240 g/mol. The van der Waals surface area contributed by atoms with Crippen molar-refractivity contribution in [2.45, 2.75) is 437 Å². The molecule has 0 aromatic heterocycles. The highest BCUT2D eigenvalue weighted by Crippen LogP contribution is 2.43. The molecule has 0 amide bonds. The Hall–Kier alpha value is -1.25. The Morgan fingerprint density at radius 2 is 0.570 bits per heavy atom. The van der Waals surface area contributed by atoms with Crippen LogP contribution in [0.1, 0.15) is 431 Å². The Bertz CT molecular complexity index is 1410. The molecule has 0 fully saturated rings. The monoisotopic (exact) mass is 1240 g/mol. The molecule has 512 valence electrons. The molecule has 3 N–H and O–H groups in total. The summed E-state index contributed by atoms with van der Waals surface area (Å²) < 4.78 is 33.2. The Morgan fingerprint density at radius 3 is 0.826 bits per heavy atom. The van der Waals surface area contributed by atoms with Crippen molar-refractivity contribution in [3.05, 3.63) is 12.2 Å². The Labute approximate surface area is 536 Å². The van der Waals surface area contributed by atoms with E-state index in [1.165, 1.54) is 366 Å². The predicted octanol–water partition coefficient (Wildman–Crippen LogP) is 25.5. The number of phosphoric ester groups is 1. The summed E-state index contributed by atoms with van der Waals surface area (Å²) >= 11 is 0. The summed E-state index contributed by atoms with van der Waals surface area (Å²) in [6, 6.07) is 0. The minimum absolute atomic E-state index is 0.0583. The zero-order valence-electron chi connectivity index (χ0n) is 57.9. The summed E-state index contributed by atoms with van der Waals surface area (Å²) in [4.78, 5) is 35.4. The molecule has 0 saturated carbocycles. The van der Waals surface area contributed by atoms with Crippen LogP contribution in [0.25, 0.3) is 0 Å². The first-order valence-corrected chi connectivity index (χ1v) is 40.2. The number of rotatable bonds is 75. The van der Waals surface area contributed by atoms with E-state index < -0.39 is 26.5 Å². The summed E-state index contributed by atoms with van der Waals surface area (Å²) in [5, 5.41) is 0. The van der Waals surface area contributed by atoms with Gasteiger partial charge in [-0.2, -0.15) is 0 Å². The average Bonchev–Trinajstić information content (AvgIpc) is 3.55. The highest BCUT2D eigenvalue weighted by atomic mass is 31.2. The number of allylic oxidation sites excluding steroid dienone is 2. The Balaban J connectivity index is 3.73. The van der Waals surface area contributed by atoms with E-state index >= 15 is 0 Å². The second-order valence-corrected chi connectivity index (χ2v) is 28.0. The molecule has 0 saturated heterocycles. The molecule has 0 radical (unpaired) electrons. The second kappa shape index (κ2) is 72.8. The van der Waals surface area contributed by atoms with Gasteiger partial charge >= 0.3 is 19.8 Å². The zero-order valence-corrected chi connectivity index (χ0v) is 58.7. The van der Waals surface area contributed by atoms with Crippen LogP contribution in [0.5, 0.6) is 0 Å². The van der Waals surface area contributed by atoms with Crippen LogP contribution in [-0.2, 0) is 32.7 Å². The lowest BCUT2D eigenvalue weighted by molar-refractivity contribution is -0.161. The first-order valence-electron chi connectivity index (χ1n) is 38.7. The number of hydrogen-bond donors (Lipinski definition) is 2. The van der Waals surface area contributed by atoms with Gasteiger partial charge in [0.25, 0.3) is 0 Å². The number of carbonyl (C=O) groups excluding carboxylic acids is 2. The summed E-state index contributed by atoms with van der Waals surface area (Å²) in [5.41, 5.74) is 5.41. The van der Waals surface area contributed by atoms with Crippen LogP contribution >= 0.6 is 7.82 Å². The van der Waals surface area contributed by atoms with Crippen molar-refractivity contribution in [2.75, 3.05) is 26.4 Å². The van der Waals surface area contributed by atoms with Crippen LogP contribution in [0.4, 0.5) is 0 Å². The van der Waals surface area contributed by atoms with E-state index in [9.17, 15) is 19.0 Å². The highest BCUT2D eigenvalue weighted by molar-refractivity contribution is 7.47. The molecule has 0 rings (SSSR count). The molecule has 9 nitrogen and oxygen atoms in total. The topological polar surface area (TPSA) is 134 Å². The van der Waals surface area contributed by atoms with Crippen molar-refractivity contribution < 1.29 is 37.6 Å². The minimum atomic E-state index is -4.39. The van der Waals surface area contributed by atoms with E-state index in [1.54, 1.807) is 0 Å².